The Kier molecular flexibility index (Phi) is 6.42. The molecule has 0 spiro atoms. The number of hydrogen-bond donors (Lipinski definition) is 6. The third kappa shape index (κ3) is 5.17. The summed E-state index contributed by atoms with van der Waals surface area (Å²) in [6.45, 7) is 0. The average Bonchev–Trinajstić information content (AvgIpc) is 2.99. The van der Waals surface area contributed by atoms with Gasteiger partial charge in [0.25, 0.3) is 0 Å². The normalized spacial score (nSPS) is 12.8. The molecule has 0 aliphatic carbocycles. The van der Waals surface area contributed by atoms with E-state index in [1.807, 2.05) is 0 Å². The van der Waals surface area contributed by atoms with Crippen molar-refractivity contribution >= 4 is 30.2 Å². The fourth-order valence-corrected chi connectivity index (χ4v) is 3.50. The molecule has 1 aliphatic rings. The topological polar surface area (TPSA) is 174 Å². The Labute approximate surface area is 203 Å². The maximum atomic E-state index is 12.3. The molecule has 3 aromatic rings. The second-order valence-electron chi connectivity index (χ2n) is 7.90. The molecule has 1 atom stereocenters. The first-order chi connectivity index (χ1) is 17.1. The third-order valence-electron chi connectivity index (χ3n) is 5.29. The lowest BCUT2D eigenvalue weighted by Crippen LogP contribution is -2.28. The highest BCUT2D eigenvalue weighted by atomic mass is 16.6. The smallest absolute Gasteiger partial charge is 0.345 e. The van der Waals surface area contributed by atoms with Crippen LogP contribution in [-0.2, 0) is 20.7 Å². The summed E-state index contributed by atoms with van der Waals surface area (Å²) >= 11 is 0. The number of fused-ring (bicyclic) bond motifs is 2. The van der Waals surface area contributed by atoms with Crippen LogP contribution in [0.15, 0.2) is 48.5 Å². The number of aliphatic carboxylic acids is 1. The van der Waals surface area contributed by atoms with E-state index < -0.39 is 23.8 Å². The average molecular weight is 492 g/mol. The number of rotatable bonds is 6. The van der Waals surface area contributed by atoms with Gasteiger partial charge in [0.1, 0.15) is 5.75 Å². The van der Waals surface area contributed by atoms with Gasteiger partial charge in [0.05, 0.1) is 0 Å². The summed E-state index contributed by atoms with van der Waals surface area (Å²) in [6.07, 6.45) is 3.75. The van der Waals surface area contributed by atoms with Crippen molar-refractivity contribution in [1.29, 1.82) is 0 Å². The summed E-state index contributed by atoms with van der Waals surface area (Å²) in [6, 6.07) is 9.18. The predicted molar refractivity (Wildman–Crippen MR) is 127 cm³/mol. The number of carbonyl (C=O) groups excluding carboxylic acids is 1. The number of carboxylic acid groups (broad SMARTS) is 1. The molecule has 1 aliphatic heterocycles. The van der Waals surface area contributed by atoms with Gasteiger partial charge in [-0.2, -0.15) is 0 Å². The summed E-state index contributed by atoms with van der Waals surface area (Å²) in [5.74, 6) is -3.82. The zero-order chi connectivity index (χ0) is 26.0. The van der Waals surface area contributed by atoms with E-state index in [9.17, 15) is 40.2 Å². The van der Waals surface area contributed by atoms with Crippen LogP contribution < -0.4 is 4.74 Å². The van der Waals surface area contributed by atoms with E-state index >= 15 is 0 Å². The van der Waals surface area contributed by atoms with Gasteiger partial charge in [-0.3, -0.25) is 0 Å². The van der Waals surface area contributed by atoms with Crippen molar-refractivity contribution in [1.82, 2.24) is 0 Å². The number of aromatic hydroxyl groups is 5. The van der Waals surface area contributed by atoms with E-state index in [1.165, 1.54) is 42.5 Å². The van der Waals surface area contributed by atoms with E-state index in [-0.39, 0.29) is 40.9 Å². The predicted octanol–water partition coefficient (Wildman–Crippen LogP) is 3.74. The quantitative estimate of drug-likeness (QED) is 0.132. The van der Waals surface area contributed by atoms with Crippen molar-refractivity contribution in [2.75, 3.05) is 0 Å². The van der Waals surface area contributed by atoms with E-state index in [0.717, 1.165) is 6.08 Å². The molecule has 0 aromatic heterocycles. The Morgan fingerprint density at radius 1 is 0.833 bits per heavy atom. The zero-order valence-corrected chi connectivity index (χ0v) is 18.5. The van der Waals surface area contributed by atoms with E-state index in [2.05, 4.69) is 0 Å². The van der Waals surface area contributed by atoms with Crippen LogP contribution >= 0.6 is 0 Å². The van der Waals surface area contributed by atoms with Crippen molar-refractivity contribution < 1.29 is 49.7 Å². The molecule has 10 nitrogen and oxygen atoms in total. The second kappa shape index (κ2) is 9.63. The Balaban J connectivity index is 1.50. The van der Waals surface area contributed by atoms with E-state index in [0.29, 0.717) is 22.3 Å². The minimum absolute atomic E-state index is 0.0953. The molecule has 4 rings (SSSR count). The minimum atomic E-state index is -1.55. The van der Waals surface area contributed by atoms with Gasteiger partial charge in [0.15, 0.2) is 34.5 Å². The van der Waals surface area contributed by atoms with Crippen molar-refractivity contribution in [3.63, 3.8) is 0 Å². The van der Waals surface area contributed by atoms with Crippen molar-refractivity contribution in [3.05, 3.63) is 70.8 Å². The Hall–Kier alpha value is -5.12. The number of carboxylic acids is 1. The molecule has 0 saturated heterocycles. The van der Waals surface area contributed by atoms with Gasteiger partial charge < -0.3 is 40.1 Å². The lowest BCUT2D eigenvalue weighted by Gasteiger charge is -2.13. The summed E-state index contributed by atoms with van der Waals surface area (Å²) in [5.41, 5.74) is 1.61. The monoisotopic (exact) mass is 492 g/mol. The first-order valence-corrected chi connectivity index (χ1v) is 10.5. The van der Waals surface area contributed by atoms with Crippen molar-refractivity contribution in [2.24, 2.45) is 0 Å². The molecule has 0 bridgehead atoms. The number of phenols is 5. The van der Waals surface area contributed by atoms with Gasteiger partial charge >= 0.3 is 11.9 Å². The fraction of sp³-hybridized carbons (Fsp3) is 0.0769. The first-order valence-electron chi connectivity index (χ1n) is 10.5. The van der Waals surface area contributed by atoms with Crippen LogP contribution in [-0.4, -0.2) is 48.7 Å². The molecule has 10 heteroatoms. The first kappa shape index (κ1) is 24.0. The Morgan fingerprint density at radius 3 is 2.25 bits per heavy atom. The number of ether oxygens (including phenoxy) is 2. The van der Waals surface area contributed by atoms with E-state index in [4.69, 9.17) is 9.47 Å². The Morgan fingerprint density at radius 2 is 1.53 bits per heavy atom. The van der Waals surface area contributed by atoms with Gasteiger partial charge in [-0.1, -0.05) is 18.2 Å². The molecule has 184 valence electrons. The number of carbonyl (C=O) groups is 2. The van der Waals surface area contributed by atoms with Crippen LogP contribution in [0.4, 0.5) is 0 Å². The van der Waals surface area contributed by atoms with E-state index in [1.54, 1.807) is 18.2 Å². The zero-order valence-electron chi connectivity index (χ0n) is 18.5. The third-order valence-corrected chi connectivity index (χ3v) is 5.29. The molecule has 0 saturated carbocycles. The molecule has 0 fully saturated rings. The fourth-order valence-electron chi connectivity index (χ4n) is 3.50. The number of hydrogen-bond acceptors (Lipinski definition) is 9. The highest BCUT2D eigenvalue weighted by Crippen LogP contribution is 2.43. The Bertz CT molecular complexity index is 1420. The van der Waals surface area contributed by atoms with Crippen LogP contribution in [0.25, 0.3) is 18.2 Å². The van der Waals surface area contributed by atoms with Crippen LogP contribution in [0.3, 0.4) is 0 Å². The van der Waals surface area contributed by atoms with Gasteiger partial charge in [0.2, 0.25) is 6.10 Å². The summed E-state index contributed by atoms with van der Waals surface area (Å²) in [7, 11) is 0. The molecule has 0 amide bonds. The maximum absolute atomic E-state index is 12.3. The van der Waals surface area contributed by atoms with Crippen LogP contribution in [0, 0.1) is 0 Å². The molecule has 36 heavy (non-hydrogen) atoms. The molecule has 6 N–H and O–H groups in total. The molecule has 0 radical (unpaired) electrons. The van der Waals surface area contributed by atoms with Crippen LogP contribution in [0.1, 0.15) is 22.3 Å². The molecule has 1 heterocycles. The van der Waals surface area contributed by atoms with Gasteiger partial charge in [-0.25, -0.2) is 9.59 Å². The van der Waals surface area contributed by atoms with Crippen LogP contribution in [0.2, 0.25) is 0 Å². The van der Waals surface area contributed by atoms with Gasteiger partial charge in [-0.15, -0.1) is 0 Å². The molecule has 3 aromatic carbocycles. The minimum Gasteiger partial charge on any atom is -0.504 e. The maximum Gasteiger partial charge on any atom is 0.345 e. The second-order valence-corrected chi connectivity index (χ2v) is 7.90. The van der Waals surface area contributed by atoms with Gasteiger partial charge in [-0.05, 0) is 47.5 Å². The lowest BCUT2D eigenvalue weighted by molar-refractivity contribution is -0.160. The number of esters is 1. The lowest BCUT2D eigenvalue weighted by atomic mass is 10.1. The highest BCUT2D eigenvalue weighted by molar-refractivity contribution is 5.90. The SMILES string of the molecule is O=C(/C=C/c1cc(O)c2c(c1)C=Cc1cc(O)c(O)cc1O2)O[C@H](Cc1ccc(O)c(O)c1)C(=O)O. The van der Waals surface area contributed by atoms with Crippen LogP contribution in [0.5, 0.6) is 40.2 Å². The number of phenolic OH excluding ortho intramolecular Hbond substituents is 5. The van der Waals surface area contributed by atoms with Gasteiger partial charge in [0, 0.05) is 29.7 Å². The summed E-state index contributed by atoms with van der Waals surface area (Å²) in [5, 5.41) is 58.2. The largest absolute Gasteiger partial charge is 0.504 e. The highest BCUT2D eigenvalue weighted by Gasteiger charge is 2.23. The van der Waals surface area contributed by atoms with Crippen molar-refractivity contribution in [2.45, 2.75) is 12.5 Å². The summed E-state index contributed by atoms with van der Waals surface area (Å²) < 4.78 is 10.7. The molecule has 0 unspecified atom stereocenters. The molecular weight excluding hydrogens is 472 g/mol. The summed E-state index contributed by atoms with van der Waals surface area (Å²) in [4.78, 5) is 23.8. The standard InChI is InChI=1S/C26H20O10/c27-17-5-1-14(8-18(17)28)10-23(26(33)34)35-24(32)6-2-13-7-16-4-3-15-11-19(29)20(30)12-22(15)36-25(16)21(31)9-13/h1-9,11-12,23,27-31H,10H2,(H,33,34)/b6-2+/t23-/m1/s1. The molecular formula is C26H20O10. The number of benzene rings is 3. The van der Waals surface area contributed by atoms with Crippen molar-refractivity contribution in [3.8, 4) is 40.2 Å².